The SMILES string of the molecule is CCCNC1CCS(=O)(=O)CC1. The van der Waals surface area contributed by atoms with Crippen LogP contribution in [0, 0.1) is 0 Å². The van der Waals surface area contributed by atoms with Gasteiger partial charge in [0, 0.05) is 6.04 Å². The molecule has 0 aromatic carbocycles. The van der Waals surface area contributed by atoms with Crippen LogP contribution in [0.15, 0.2) is 0 Å². The van der Waals surface area contributed by atoms with E-state index in [2.05, 4.69) is 12.2 Å². The highest BCUT2D eigenvalue weighted by molar-refractivity contribution is 7.91. The summed E-state index contributed by atoms with van der Waals surface area (Å²) in [7, 11) is -2.68. The lowest BCUT2D eigenvalue weighted by molar-refractivity contribution is 0.464. The molecule has 0 amide bonds. The van der Waals surface area contributed by atoms with Gasteiger partial charge >= 0.3 is 0 Å². The molecule has 0 atom stereocenters. The summed E-state index contributed by atoms with van der Waals surface area (Å²) in [5.41, 5.74) is 0. The normalized spacial score (nSPS) is 24.1. The minimum atomic E-state index is -2.68. The molecule has 72 valence electrons. The molecule has 1 N–H and O–H groups in total. The molecule has 1 aliphatic rings. The molecule has 1 saturated heterocycles. The predicted molar refractivity (Wildman–Crippen MR) is 50.0 cm³/mol. The molecule has 1 fully saturated rings. The predicted octanol–water partition coefficient (Wildman–Crippen LogP) is 0.563. The van der Waals surface area contributed by atoms with Crippen molar-refractivity contribution < 1.29 is 8.42 Å². The molecule has 0 saturated carbocycles. The van der Waals surface area contributed by atoms with Gasteiger partial charge in [0.1, 0.15) is 9.84 Å². The Kier molecular flexibility index (Phi) is 3.53. The van der Waals surface area contributed by atoms with Gasteiger partial charge in [-0.3, -0.25) is 0 Å². The largest absolute Gasteiger partial charge is 0.314 e. The van der Waals surface area contributed by atoms with E-state index in [1.165, 1.54) is 0 Å². The summed E-state index contributed by atoms with van der Waals surface area (Å²) in [6, 6.07) is 0.438. The molecule has 1 rings (SSSR count). The van der Waals surface area contributed by atoms with E-state index in [0.29, 0.717) is 17.5 Å². The number of hydrogen-bond acceptors (Lipinski definition) is 3. The van der Waals surface area contributed by atoms with Gasteiger partial charge < -0.3 is 5.32 Å². The van der Waals surface area contributed by atoms with Crippen LogP contribution < -0.4 is 5.32 Å². The monoisotopic (exact) mass is 191 g/mol. The lowest BCUT2D eigenvalue weighted by Gasteiger charge is -2.22. The van der Waals surface area contributed by atoms with Gasteiger partial charge in [0.2, 0.25) is 0 Å². The molecule has 0 bridgehead atoms. The zero-order valence-corrected chi connectivity index (χ0v) is 8.36. The average molecular weight is 191 g/mol. The summed E-state index contributed by atoms with van der Waals surface area (Å²) in [5.74, 6) is 0.739. The van der Waals surface area contributed by atoms with Gasteiger partial charge in [0.05, 0.1) is 11.5 Å². The molecule has 0 spiro atoms. The van der Waals surface area contributed by atoms with Crippen LogP contribution in [-0.2, 0) is 9.84 Å². The molecule has 0 aromatic rings. The van der Waals surface area contributed by atoms with Crippen molar-refractivity contribution in [1.29, 1.82) is 0 Å². The van der Waals surface area contributed by atoms with Crippen LogP contribution in [0.25, 0.3) is 0 Å². The van der Waals surface area contributed by atoms with Crippen molar-refractivity contribution in [3.05, 3.63) is 0 Å². The molecule has 1 aliphatic heterocycles. The molecule has 0 radical (unpaired) electrons. The van der Waals surface area contributed by atoms with Crippen molar-refractivity contribution in [3.8, 4) is 0 Å². The minimum Gasteiger partial charge on any atom is -0.314 e. The Bertz CT molecular complexity index is 209. The Balaban J connectivity index is 2.27. The molecule has 12 heavy (non-hydrogen) atoms. The average Bonchev–Trinajstić information content (AvgIpc) is 2.03. The maximum Gasteiger partial charge on any atom is 0.150 e. The third-order valence-corrected chi connectivity index (χ3v) is 3.95. The van der Waals surface area contributed by atoms with E-state index < -0.39 is 9.84 Å². The first kappa shape index (κ1) is 9.99. The fraction of sp³-hybridized carbons (Fsp3) is 1.00. The summed E-state index contributed by atoms with van der Waals surface area (Å²) in [6.07, 6.45) is 2.70. The first-order chi connectivity index (χ1) is 5.64. The van der Waals surface area contributed by atoms with Gasteiger partial charge in [-0.2, -0.15) is 0 Å². The second kappa shape index (κ2) is 4.23. The van der Waals surface area contributed by atoms with E-state index in [0.717, 1.165) is 25.8 Å². The Morgan fingerprint density at radius 1 is 1.33 bits per heavy atom. The van der Waals surface area contributed by atoms with Crippen molar-refractivity contribution in [2.45, 2.75) is 32.2 Å². The Morgan fingerprint density at radius 2 is 1.92 bits per heavy atom. The van der Waals surface area contributed by atoms with Gasteiger partial charge in [0.15, 0.2) is 0 Å². The van der Waals surface area contributed by atoms with Gasteiger partial charge in [-0.25, -0.2) is 8.42 Å². The van der Waals surface area contributed by atoms with Crippen LogP contribution in [0.2, 0.25) is 0 Å². The molecule has 0 aliphatic carbocycles. The van der Waals surface area contributed by atoms with Gasteiger partial charge in [0.25, 0.3) is 0 Å². The Morgan fingerprint density at radius 3 is 2.42 bits per heavy atom. The lowest BCUT2D eigenvalue weighted by atomic mass is 10.1. The fourth-order valence-electron chi connectivity index (χ4n) is 1.44. The van der Waals surface area contributed by atoms with E-state index in [4.69, 9.17) is 0 Å². The third-order valence-electron chi connectivity index (χ3n) is 2.24. The second-order valence-corrected chi connectivity index (χ2v) is 5.68. The van der Waals surface area contributed by atoms with E-state index in [1.807, 2.05) is 0 Å². The lowest BCUT2D eigenvalue weighted by Crippen LogP contribution is -2.37. The summed E-state index contributed by atoms with van der Waals surface area (Å²) in [4.78, 5) is 0. The summed E-state index contributed by atoms with van der Waals surface area (Å²) >= 11 is 0. The van der Waals surface area contributed by atoms with E-state index in [9.17, 15) is 8.42 Å². The molecular weight excluding hydrogens is 174 g/mol. The molecule has 0 unspecified atom stereocenters. The summed E-state index contributed by atoms with van der Waals surface area (Å²) in [6.45, 7) is 3.12. The number of sulfone groups is 1. The standard InChI is InChI=1S/C8H17NO2S/c1-2-5-9-8-3-6-12(10,11)7-4-8/h8-9H,2-7H2,1H3. The van der Waals surface area contributed by atoms with Crippen LogP contribution in [-0.4, -0.2) is 32.5 Å². The highest BCUT2D eigenvalue weighted by atomic mass is 32.2. The summed E-state index contributed by atoms with van der Waals surface area (Å²) < 4.78 is 22.1. The van der Waals surface area contributed by atoms with Gasteiger partial charge in [-0.15, -0.1) is 0 Å². The van der Waals surface area contributed by atoms with E-state index in [-0.39, 0.29) is 0 Å². The van der Waals surface area contributed by atoms with Crippen molar-refractivity contribution >= 4 is 9.84 Å². The smallest absolute Gasteiger partial charge is 0.150 e. The third kappa shape index (κ3) is 3.11. The van der Waals surface area contributed by atoms with Gasteiger partial charge in [-0.05, 0) is 25.8 Å². The zero-order chi connectivity index (χ0) is 9.03. The fourth-order valence-corrected chi connectivity index (χ4v) is 2.93. The maximum absolute atomic E-state index is 11.0. The number of nitrogens with one attached hydrogen (secondary N) is 1. The van der Waals surface area contributed by atoms with Gasteiger partial charge in [-0.1, -0.05) is 6.92 Å². The molecule has 1 heterocycles. The molecule has 0 aromatic heterocycles. The maximum atomic E-state index is 11.0. The van der Waals surface area contributed by atoms with Crippen LogP contribution in [0.3, 0.4) is 0 Å². The molecule has 3 nitrogen and oxygen atoms in total. The van der Waals surface area contributed by atoms with Crippen LogP contribution >= 0.6 is 0 Å². The van der Waals surface area contributed by atoms with Crippen LogP contribution in [0.5, 0.6) is 0 Å². The second-order valence-electron chi connectivity index (χ2n) is 3.38. The first-order valence-electron chi connectivity index (χ1n) is 4.58. The Labute approximate surface area is 74.5 Å². The highest BCUT2D eigenvalue weighted by Crippen LogP contribution is 2.11. The number of rotatable bonds is 3. The van der Waals surface area contributed by atoms with Crippen molar-refractivity contribution in [2.75, 3.05) is 18.1 Å². The summed E-state index contributed by atoms with van der Waals surface area (Å²) in [5, 5.41) is 3.34. The van der Waals surface area contributed by atoms with Crippen molar-refractivity contribution in [1.82, 2.24) is 5.32 Å². The zero-order valence-electron chi connectivity index (χ0n) is 7.54. The van der Waals surface area contributed by atoms with Crippen LogP contribution in [0.1, 0.15) is 26.2 Å². The van der Waals surface area contributed by atoms with Crippen LogP contribution in [0.4, 0.5) is 0 Å². The Hall–Kier alpha value is -0.0900. The quantitative estimate of drug-likeness (QED) is 0.709. The number of hydrogen-bond donors (Lipinski definition) is 1. The molecule has 4 heteroatoms. The molecular formula is C8H17NO2S. The van der Waals surface area contributed by atoms with E-state index >= 15 is 0 Å². The van der Waals surface area contributed by atoms with E-state index in [1.54, 1.807) is 0 Å². The van der Waals surface area contributed by atoms with Crippen molar-refractivity contribution in [2.24, 2.45) is 0 Å². The topological polar surface area (TPSA) is 46.2 Å². The minimum absolute atomic E-state index is 0.369. The van der Waals surface area contributed by atoms with Crippen molar-refractivity contribution in [3.63, 3.8) is 0 Å². The highest BCUT2D eigenvalue weighted by Gasteiger charge is 2.22. The first-order valence-corrected chi connectivity index (χ1v) is 6.40.